The summed E-state index contributed by atoms with van der Waals surface area (Å²) in [5.41, 5.74) is 2.85. The van der Waals surface area contributed by atoms with Crippen molar-refractivity contribution in [1.82, 2.24) is 29.8 Å². The van der Waals surface area contributed by atoms with Crippen LogP contribution in [0.1, 0.15) is 26.5 Å². The maximum absolute atomic E-state index is 13.5. The largest absolute Gasteiger partial charge is 0.281 e. The average molecular weight is 310 g/mol. The van der Waals surface area contributed by atoms with Crippen LogP contribution in [-0.2, 0) is 5.41 Å². The highest BCUT2D eigenvalue weighted by molar-refractivity contribution is 5.91. The van der Waals surface area contributed by atoms with E-state index in [4.69, 9.17) is 0 Å². The molecule has 7 heteroatoms. The van der Waals surface area contributed by atoms with Crippen molar-refractivity contribution in [3.8, 4) is 11.5 Å². The van der Waals surface area contributed by atoms with E-state index in [1.807, 2.05) is 6.07 Å². The number of hydrogen-bond acceptors (Lipinski definition) is 4. The molecule has 1 aromatic carbocycles. The van der Waals surface area contributed by atoms with Gasteiger partial charge in [-0.1, -0.05) is 20.8 Å². The first-order chi connectivity index (χ1) is 10.9. The Kier molecular flexibility index (Phi) is 2.75. The van der Waals surface area contributed by atoms with Crippen LogP contribution in [0, 0.1) is 5.82 Å². The van der Waals surface area contributed by atoms with Crippen molar-refractivity contribution in [1.29, 1.82) is 0 Å². The fourth-order valence-corrected chi connectivity index (χ4v) is 2.43. The van der Waals surface area contributed by atoms with Gasteiger partial charge in [0.2, 0.25) is 5.82 Å². The number of H-pyrrole nitrogens is 1. The van der Waals surface area contributed by atoms with Crippen molar-refractivity contribution < 1.29 is 4.39 Å². The minimum Gasteiger partial charge on any atom is -0.281 e. The topological polar surface area (TPSA) is 71.8 Å². The smallest absolute Gasteiger partial charge is 0.202 e. The first kappa shape index (κ1) is 13.8. The normalized spacial score (nSPS) is 12.3. The summed E-state index contributed by atoms with van der Waals surface area (Å²) >= 11 is 0. The van der Waals surface area contributed by atoms with E-state index in [1.165, 1.54) is 12.1 Å². The van der Waals surface area contributed by atoms with Crippen LogP contribution < -0.4 is 0 Å². The third-order valence-corrected chi connectivity index (χ3v) is 3.75. The van der Waals surface area contributed by atoms with Crippen molar-refractivity contribution in [3.05, 3.63) is 42.1 Å². The molecule has 0 aliphatic carbocycles. The zero-order chi connectivity index (χ0) is 16.2. The number of nitrogens with one attached hydrogen (secondary N) is 1. The molecule has 0 saturated carbocycles. The summed E-state index contributed by atoms with van der Waals surface area (Å²) in [6.45, 7) is 6.30. The summed E-state index contributed by atoms with van der Waals surface area (Å²) in [5, 5.41) is 12.3. The van der Waals surface area contributed by atoms with Gasteiger partial charge >= 0.3 is 0 Å². The highest BCUT2D eigenvalue weighted by Gasteiger charge is 2.19. The molecule has 0 atom stereocenters. The summed E-state index contributed by atoms with van der Waals surface area (Å²) in [7, 11) is 0. The van der Waals surface area contributed by atoms with E-state index in [0.29, 0.717) is 28.1 Å². The van der Waals surface area contributed by atoms with Crippen LogP contribution in [-0.4, -0.2) is 29.8 Å². The molecule has 0 amide bonds. The summed E-state index contributed by atoms with van der Waals surface area (Å²) in [6.07, 6.45) is 1.57. The molecule has 23 heavy (non-hydrogen) atoms. The highest BCUT2D eigenvalue weighted by Crippen LogP contribution is 2.25. The lowest BCUT2D eigenvalue weighted by Crippen LogP contribution is -2.11. The van der Waals surface area contributed by atoms with E-state index >= 15 is 0 Å². The number of benzene rings is 1. The molecule has 3 aromatic heterocycles. The van der Waals surface area contributed by atoms with Crippen molar-refractivity contribution in [2.75, 3.05) is 0 Å². The molecule has 0 bridgehead atoms. The van der Waals surface area contributed by atoms with Gasteiger partial charge in [-0.25, -0.2) is 18.9 Å². The van der Waals surface area contributed by atoms with E-state index in [0.717, 1.165) is 5.69 Å². The quantitative estimate of drug-likeness (QED) is 0.586. The second kappa shape index (κ2) is 4.58. The van der Waals surface area contributed by atoms with Crippen LogP contribution in [0.4, 0.5) is 4.39 Å². The van der Waals surface area contributed by atoms with Crippen LogP contribution in [0.15, 0.2) is 30.6 Å². The van der Waals surface area contributed by atoms with E-state index < -0.39 is 0 Å². The molecular formula is C16H15FN6. The summed E-state index contributed by atoms with van der Waals surface area (Å²) < 4.78 is 15.1. The van der Waals surface area contributed by atoms with E-state index in [1.54, 1.807) is 16.9 Å². The lowest BCUT2D eigenvalue weighted by molar-refractivity contribution is 0.567. The zero-order valence-corrected chi connectivity index (χ0v) is 13.0. The Labute approximate surface area is 131 Å². The second-order valence-corrected chi connectivity index (χ2v) is 6.53. The van der Waals surface area contributed by atoms with Crippen molar-refractivity contribution in [3.63, 3.8) is 0 Å². The van der Waals surface area contributed by atoms with Crippen molar-refractivity contribution in [2.45, 2.75) is 26.2 Å². The van der Waals surface area contributed by atoms with E-state index in [9.17, 15) is 4.39 Å². The number of rotatable bonds is 1. The maximum atomic E-state index is 13.5. The summed E-state index contributed by atoms with van der Waals surface area (Å²) in [5.74, 6) is 0.155. The average Bonchev–Trinajstić information content (AvgIpc) is 3.13. The Hall–Kier alpha value is -2.83. The summed E-state index contributed by atoms with van der Waals surface area (Å²) in [4.78, 5) is 8.78. The fraction of sp³-hybridized carbons (Fsp3) is 0.250. The van der Waals surface area contributed by atoms with Gasteiger partial charge in [-0.3, -0.25) is 5.10 Å². The third kappa shape index (κ3) is 2.25. The maximum Gasteiger partial charge on any atom is 0.202 e. The van der Waals surface area contributed by atoms with Gasteiger partial charge < -0.3 is 0 Å². The van der Waals surface area contributed by atoms with Gasteiger partial charge in [-0.2, -0.15) is 5.10 Å². The molecule has 4 aromatic rings. The molecule has 6 nitrogen and oxygen atoms in total. The van der Waals surface area contributed by atoms with Crippen LogP contribution in [0.5, 0.6) is 0 Å². The molecule has 0 unspecified atom stereocenters. The van der Waals surface area contributed by atoms with Gasteiger partial charge in [-0.05, 0) is 24.3 Å². The van der Waals surface area contributed by atoms with Crippen LogP contribution in [0.25, 0.3) is 28.1 Å². The van der Waals surface area contributed by atoms with Gasteiger partial charge in [0.25, 0.3) is 0 Å². The molecule has 116 valence electrons. The monoisotopic (exact) mass is 310 g/mol. The zero-order valence-electron chi connectivity index (χ0n) is 13.0. The highest BCUT2D eigenvalue weighted by atomic mass is 19.1. The first-order valence-electron chi connectivity index (χ1n) is 7.29. The molecule has 4 rings (SSSR count). The number of nitrogens with zero attached hydrogens (tertiary/aromatic N) is 5. The molecule has 3 heterocycles. The Morgan fingerprint density at radius 3 is 2.74 bits per heavy atom. The van der Waals surface area contributed by atoms with Crippen LogP contribution in [0.3, 0.4) is 0 Å². The Morgan fingerprint density at radius 2 is 2.00 bits per heavy atom. The second-order valence-electron chi connectivity index (χ2n) is 6.53. The van der Waals surface area contributed by atoms with Crippen LogP contribution >= 0.6 is 0 Å². The van der Waals surface area contributed by atoms with Gasteiger partial charge in [0, 0.05) is 16.5 Å². The molecule has 0 saturated heterocycles. The van der Waals surface area contributed by atoms with Gasteiger partial charge in [0.15, 0.2) is 5.65 Å². The van der Waals surface area contributed by atoms with Gasteiger partial charge in [-0.15, -0.1) is 5.10 Å². The van der Waals surface area contributed by atoms with E-state index in [2.05, 4.69) is 46.0 Å². The van der Waals surface area contributed by atoms with Crippen molar-refractivity contribution in [2.24, 2.45) is 0 Å². The molecule has 0 radical (unpaired) electrons. The molecular weight excluding hydrogens is 295 g/mol. The minimum atomic E-state index is -0.327. The minimum absolute atomic E-state index is 0.0399. The number of aromatic amines is 1. The lowest BCUT2D eigenvalue weighted by atomic mass is 9.92. The molecule has 0 aliphatic heterocycles. The van der Waals surface area contributed by atoms with Crippen LogP contribution in [0.2, 0.25) is 0 Å². The van der Waals surface area contributed by atoms with Gasteiger partial charge in [0.1, 0.15) is 17.8 Å². The predicted molar refractivity (Wildman–Crippen MR) is 84.5 cm³/mol. The van der Waals surface area contributed by atoms with Gasteiger partial charge in [0.05, 0.1) is 5.52 Å². The SMILES string of the molecule is CC(C)(C)c1cc(-c2nc3c4cc(F)ccc4ncn3n2)n[nH]1. The fourth-order valence-electron chi connectivity index (χ4n) is 2.43. The Morgan fingerprint density at radius 1 is 1.17 bits per heavy atom. The number of aromatic nitrogens is 6. The number of fused-ring (bicyclic) bond motifs is 3. The number of halogens is 1. The first-order valence-corrected chi connectivity index (χ1v) is 7.29. The Bertz CT molecular complexity index is 1020. The molecule has 0 aliphatic rings. The standard InChI is InChI=1S/C16H15FN6/c1-16(2,3)13-7-12(20-21-13)14-19-15-10-6-9(17)4-5-11(10)18-8-23(15)22-14/h4-8H,1-3H3,(H,20,21). The molecule has 0 spiro atoms. The predicted octanol–water partition coefficient (Wildman–Crippen LogP) is 3.10. The third-order valence-electron chi connectivity index (χ3n) is 3.75. The van der Waals surface area contributed by atoms with Crippen molar-refractivity contribution >= 4 is 16.6 Å². The number of hydrogen-bond donors (Lipinski definition) is 1. The van der Waals surface area contributed by atoms with E-state index in [-0.39, 0.29) is 11.2 Å². The molecule has 0 fully saturated rings. The summed E-state index contributed by atoms with van der Waals surface area (Å²) in [6, 6.07) is 6.37. The lowest BCUT2D eigenvalue weighted by Gasteiger charge is -2.14. The Balaban J connectivity index is 1.90. The molecule has 1 N–H and O–H groups in total.